The van der Waals surface area contributed by atoms with E-state index in [9.17, 15) is 0 Å². The van der Waals surface area contributed by atoms with Crippen LogP contribution >= 0.6 is 0 Å². The molecule has 2 nitrogen and oxygen atoms in total. The summed E-state index contributed by atoms with van der Waals surface area (Å²) < 4.78 is 5.62. The molecular weight excluding hydrogens is 161 g/mol. The number of hydrogen-bond acceptors (Lipinski definition) is 2. The summed E-state index contributed by atoms with van der Waals surface area (Å²) in [7, 11) is 5.60. The van der Waals surface area contributed by atoms with E-state index >= 15 is 0 Å². The molecular formula is C10H10BNO. The van der Waals surface area contributed by atoms with Gasteiger partial charge in [0.25, 0.3) is 0 Å². The summed E-state index contributed by atoms with van der Waals surface area (Å²) in [5, 5.41) is 0. The maximum absolute atomic E-state index is 5.62. The molecule has 1 aromatic heterocycles. The first-order valence-corrected chi connectivity index (χ1v) is 4.21. The summed E-state index contributed by atoms with van der Waals surface area (Å²) in [5.74, 6) is 0.654. The van der Waals surface area contributed by atoms with Gasteiger partial charge < -0.3 is 4.74 Å². The van der Waals surface area contributed by atoms with Crippen LogP contribution in [0.15, 0.2) is 18.3 Å². The van der Waals surface area contributed by atoms with Gasteiger partial charge in [-0.05, 0) is 26.0 Å². The number of aromatic nitrogens is 1. The van der Waals surface area contributed by atoms with Crippen LogP contribution in [0.5, 0.6) is 5.88 Å². The van der Waals surface area contributed by atoms with Gasteiger partial charge in [-0.2, -0.15) is 0 Å². The van der Waals surface area contributed by atoms with E-state index in [1.54, 1.807) is 6.20 Å². The SMILES string of the molecule is [B]c1cnc2c(c1)C=CC(C)(C)O2. The quantitative estimate of drug-likeness (QED) is 0.544. The van der Waals surface area contributed by atoms with Crippen LogP contribution < -0.4 is 10.2 Å². The van der Waals surface area contributed by atoms with Crippen molar-refractivity contribution in [2.24, 2.45) is 0 Å². The van der Waals surface area contributed by atoms with Gasteiger partial charge in [-0.1, -0.05) is 11.5 Å². The maximum atomic E-state index is 5.62. The topological polar surface area (TPSA) is 22.1 Å². The van der Waals surface area contributed by atoms with Crippen molar-refractivity contribution in [1.29, 1.82) is 0 Å². The highest BCUT2D eigenvalue weighted by molar-refractivity contribution is 6.32. The van der Waals surface area contributed by atoms with Gasteiger partial charge in [-0.25, -0.2) is 4.98 Å². The molecule has 0 aromatic carbocycles. The van der Waals surface area contributed by atoms with Gasteiger partial charge in [0.05, 0.1) is 0 Å². The molecule has 0 aliphatic carbocycles. The van der Waals surface area contributed by atoms with E-state index in [-0.39, 0.29) is 5.60 Å². The van der Waals surface area contributed by atoms with Crippen molar-refractivity contribution in [3.05, 3.63) is 23.9 Å². The zero-order valence-corrected chi connectivity index (χ0v) is 7.74. The van der Waals surface area contributed by atoms with E-state index in [2.05, 4.69) is 4.98 Å². The Morgan fingerprint density at radius 2 is 2.23 bits per heavy atom. The van der Waals surface area contributed by atoms with Crippen LogP contribution in [-0.2, 0) is 0 Å². The van der Waals surface area contributed by atoms with Crippen molar-refractivity contribution < 1.29 is 4.74 Å². The van der Waals surface area contributed by atoms with Gasteiger partial charge in [-0.15, -0.1) is 0 Å². The summed E-state index contributed by atoms with van der Waals surface area (Å²) in [6, 6.07) is 1.86. The van der Waals surface area contributed by atoms with Gasteiger partial charge in [-0.3, -0.25) is 0 Å². The molecule has 2 rings (SSSR count). The Labute approximate surface area is 79.0 Å². The highest BCUT2D eigenvalue weighted by Crippen LogP contribution is 2.27. The molecule has 3 heteroatoms. The highest BCUT2D eigenvalue weighted by Gasteiger charge is 2.21. The largest absolute Gasteiger partial charge is 0.467 e. The minimum atomic E-state index is -0.268. The molecule has 1 aliphatic heterocycles. The van der Waals surface area contributed by atoms with Crippen LogP contribution in [0.4, 0.5) is 0 Å². The summed E-state index contributed by atoms with van der Waals surface area (Å²) in [6.45, 7) is 3.98. The average Bonchev–Trinajstić information content (AvgIpc) is 2.05. The third kappa shape index (κ3) is 1.59. The standard InChI is InChI=1S/C10H10BNO/c1-10(2)4-3-7-5-8(11)6-12-9(7)13-10/h3-6H,1-2H3. The second-order valence-corrected chi connectivity index (χ2v) is 3.70. The van der Waals surface area contributed by atoms with Crippen molar-refractivity contribution in [3.63, 3.8) is 0 Å². The normalized spacial score (nSPS) is 17.7. The second-order valence-electron chi connectivity index (χ2n) is 3.70. The molecule has 2 heterocycles. The predicted octanol–water partition coefficient (Wildman–Crippen LogP) is 1.06. The summed E-state index contributed by atoms with van der Waals surface area (Å²) in [6.07, 6.45) is 5.59. The monoisotopic (exact) mass is 171 g/mol. The predicted molar refractivity (Wildman–Crippen MR) is 53.4 cm³/mol. The van der Waals surface area contributed by atoms with Crippen LogP contribution in [0, 0.1) is 0 Å². The van der Waals surface area contributed by atoms with Crippen LogP contribution in [0.2, 0.25) is 0 Å². The molecule has 0 fully saturated rings. The first-order chi connectivity index (χ1) is 6.07. The number of fused-ring (bicyclic) bond motifs is 1. The second kappa shape index (κ2) is 2.62. The third-order valence-corrected chi connectivity index (χ3v) is 1.92. The molecule has 2 radical (unpaired) electrons. The minimum Gasteiger partial charge on any atom is -0.467 e. The zero-order valence-electron chi connectivity index (χ0n) is 7.74. The molecule has 0 amide bonds. The Morgan fingerprint density at radius 1 is 1.46 bits per heavy atom. The molecule has 13 heavy (non-hydrogen) atoms. The fourth-order valence-corrected chi connectivity index (χ4v) is 1.26. The van der Waals surface area contributed by atoms with Gasteiger partial charge in [0.2, 0.25) is 5.88 Å². The molecule has 0 saturated carbocycles. The molecule has 1 aliphatic rings. The molecule has 0 unspecified atom stereocenters. The molecule has 0 spiro atoms. The number of hydrogen-bond donors (Lipinski definition) is 0. The smallest absolute Gasteiger partial charge is 0.221 e. The number of rotatable bonds is 0. The minimum absolute atomic E-state index is 0.268. The lowest BCUT2D eigenvalue weighted by Gasteiger charge is -2.26. The van der Waals surface area contributed by atoms with Crippen LogP contribution in [0.3, 0.4) is 0 Å². The van der Waals surface area contributed by atoms with E-state index in [1.165, 1.54) is 0 Å². The molecule has 1 aromatic rings. The fraction of sp³-hybridized carbons (Fsp3) is 0.300. The summed E-state index contributed by atoms with van der Waals surface area (Å²) in [4.78, 5) is 4.12. The Hall–Kier alpha value is -1.25. The average molecular weight is 171 g/mol. The Morgan fingerprint density at radius 3 is 3.00 bits per heavy atom. The van der Waals surface area contributed by atoms with Crippen molar-refractivity contribution in [2.75, 3.05) is 0 Å². The first-order valence-electron chi connectivity index (χ1n) is 4.21. The first kappa shape index (κ1) is 8.36. The van der Waals surface area contributed by atoms with Crippen LogP contribution in [0.25, 0.3) is 6.08 Å². The van der Waals surface area contributed by atoms with E-state index in [1.807, 2.05) is 32.1 Å². The van der Waals surface area contributed by atoms with Gasteiger partial charge in [0.1, 0.15) is 13.4 Å². The molecule has 0 N–H and O–H groups in total. The zero-order chi connectivity index (χ0) is 9.47. The van der Waals surface area contributed by atoms with Gasteiger partial charge in [0, 0.05) is 11.8 Å². The number of nitrogens with zero attached hydrogens (tertiary/aromatic N) is 1. The van der Waals surface area contributed by atoms with E-state index in [4.69, 9.17) is 12.6 Å². The number of ether oxygens (including phenoxy) is 1. The lowest BCUT2D eigenvalue weighted by Crippen LogP contribution is -2.28. The number of pyridine rings is 1. The van der Waals surface area contributed by atoms with Crippen molar-refractivity contribution in [2.45, 2.75) is 19.4 Å². The van der Waals surface area contributed by atoms with Crippen molar-refractivity contribution in [1.82, 2.24) is 4.98 Å². The van der Waals surface area contributed by atoms with Gasteiger partial charge >= 0.3 is 0 Å². The lowest BCUT2D eigenvalue weighted by atomic mass is 9.95. The summed E-state index contributed by atoms with van der Waals surface area (Å²) >= 11 is 0. The van der Waals surface area contributed by atoms with E-state index in [0.29, 0.717) is 11.3 Å². The van der Waals surface area contributed by atoms with E-state index in [0.717, 1.165) is 5.56 Å². The molecule has 0 bridgehead atoms. The van der Waals surface area contributed by atoms with E-state index < -0.39 is 0 Å². The van der Waals surface area contributed by atoms with Gasteiger partial charge in [0.15, 0.2) is 0 Å². The molecule has 0 saturated heterocycles. The van der Waals surface area contributed by atoms with Crippen molar-refractivity contribution >= 4 is 19.4 Å². The summed E-state index contributed by atoms with van der Waals surface area (Å²) in [5.41, 5.74) is 1.34. The van der Waals surface area contributed by atoms with Crippen LogP contribution in [0.1, 0.15) is 19.4 Å². The molecule has 0 atom stereocenters. The Kier molecular flexibility index (Phi) is 1.69. The lowest BCUT2D eigenvalue weighted by molar-refractivity contribution is 0.151. The highest BCUT2D eigenvalue weighted by atomic mass is 16.5. The Bertz CT molecular complexity index is 371. The molecule has 64 valence electrons. The maximum Gasteiger partial charge on any atom is 0.221 e. The Balaban J connectivity index is 2.47. The third-order valence-electron chi connectivity index (χ3n) is 1.92. The van der Waals surface area contributed by atoms with Crippen molar-refractivity contribution in [3.8, 4) is 5.88 Å². The fourth-order valence-electron chi connectivity index (χ4n) is 1.26. The van der Waals surface area contributed by atoms with Crippen LogP contribution in [-0.4, -0.2) is 18.4 Å².